The highest BCUT2D eigenvalue weighted by atomic mass is 16.5. The number of carbonyl (C=O) groups excluding carboxylic acids is 3. The van der Waals surface area contributed by atoms with E-state index < -0.39 is 30.0 Å². The Morgan fingerprint density at radius 3 is 2.27 bits per heavy atom. The maximum absolute atomic E-state index is 12.5. The molecule has 3 amide bonds. The van der Waals surface area contributed by atoms with Crippen molar-refractivity contribution < 1.29 is 19.1 Å². The monoisotopic (exact) mass is 361 g/mol. The molecule has 0 aliphatic rings. The van der Waals surface area contributed by atoms with E-state index in [0.29, 0.717) is 5.57 Å². The van der Waals surface area contributed by atoms with Gasteiger partial charge in [0.15, 0.2) is 0 Å². The maximum Gasteiger partial charge on any atom is 0.408 e. The quantitative estimate of drug-likeness (QED) is 0.583. The first-order chi connectivity index (χ1) is 12.2. The fourth-order valence-electron chi connectivity index (χ4n) is 2.26. The minimum absolute atomic E-state index is 0.0959. The predicted octanol–water partition coefficient (Wildman–Crippen LogP) is 1.87. The molecular formula is C19H27N3O4. The molecule has 0 aliphatic carbocycles. The summed E-state index contributed by atoms with van der Waals surface area (Å²) in [5.41, 5.74) is 6.87. The lowest BCUT2D eigenvalue weighted by Crippen LogP contribution is -2.54. The van der Waals surface area contributed by atoms with Crippen LogP contribution in [0.4, 0.5) is 4.79 Å². The molecule has 2 atom stereocenters. The lowest BCUT2D eigenvalue weighted by atomic mass is 10.0. The molecule has 1 rings (SSSR count). The van der Waals surface area contributed by atoms with Gasteiger partial charge >= 0.3 is 6.09 Å². The number of benzene rings is 1. The Hall–Kier alpha value is -2.83. The third-order valence-corrected chi connectivity index (χ3v) is 3.65. The van der Waals surface area contributed by atoms with Crippen LogP contribution in [0.2, 0.25) is 0 Å². The van der Waals surface area contributed by atoms with Crippen molar-refractivity contribution >= 4 is 17.9 Å². The summed E-state index contributed by atoms with van der Waals surface area (Å²) in [6.45, 7) is 9.11. The zero-order chi connectivity index (χ0) is 19.7. The van der Waals surface area contributed by atoms with Crippen LogP contribution in [0.25, 0.3) is 0 Å². The summed E-state index contributed by atoms with van der Waals surface area (Å²) < 4.78 is 5.14. The highest BCUT2D eigenvalue weighted by molar-refractivity contribution is 5.91. The van der Waals surface area contributed by atoms with Crippen LogP contribution in [-0.2, 0) is 20.9 Å². The molecule has 26 heavy (non-hydrogen) atoms. The number of hydrogen-bond donors (Lipinski definition) is 3. The van der Waals surface area contributed by atoms with Crippen LogP contribution in [0.5, 0.6) is 0 Å². The molecular weight excluding hydrogens is 334 g/mol. The van der Waals surface area contributed by atoms with Gasteiger partial charge in [-0.1, -0.05) is 49.8 Å². The average molecular weight is 361 g/mol. The van der Waals surface area contributed by atoms with Gasteiger partial charge in [-0.3, -0.25) is 9.59 Å². The van der Waals surface area contributed by atoms with E-state index in [1.165, 1.54) is 0 Å². The Morgan fingerprint density at radius 2 is 1.77 bits per heavy atom. The first kappa shape index (κ1) is 21.2. The molecule has 1 aromatic carbocycles. The summed E-state index contributed by atoms with van der Waals surface area (Å²) in [4.78, 5) is 36.0. The zero-order valence-corrected chi connectivity index (χ0v) is 15.5. The van der Waals surface area contributed by atoms with Crippen LogP contribution in [0.15, 0.2) is 42.5 Å². The van der Waals surface area contributed by atoms with Crippen molar-refractivity contribution in [3.05, 3.63) is 48.0 Å². The van der Waals surface area contributed by atoms with E-state index in [9.17, 15) is 14.4 Å². The van der Waals surface area contributed by atoms with Crippen LogP contribution in [0, 0.1) is 5.92 Å². The summed E-state index contributed by atoms with van der Waals surface area (Å²) in [5.74, 6) is -1.37. The third-order valence-electron chi connectivity index (χ3n) is 3.65. The van der Waals surface area contributed by atoms with Gasteiger partial charge in [0.25, 0.3) is 0 Å². The summed E-state index contributed by atoms with van der Waals surface area (Å²) >= 11 is 0. The summed E-state index contributed by atoms with van der Waals surface area (Å²) in [6, 6.07) is 7.47. The van der Waals surface area contributed by atoms with Crippen molar-refractivity contribution in [2.24, 2.45) is 11.7 Å². The normalized spacial score (nSPS) is 12.8. The Bertz CT molecular complexity index is 643. The highest BCUT2D eigenvalue weighted by Gasteiger charge is 2.28. The molecule has 0 unspecified atom stereocenters. The van der Waals surface area contributed by atoms with Crippen molar-refractivity contribution in [1.82, 2.24) is 10.6 Å². The second-order valence-electron chi connectivity index (χ2n) is 6.55. The van der Waals surface area contributed by atoms with Crippen LogP contribution in [0.3, 0.4) is 0 Å². The van der Waals surface area contributed by atoms with Gasteiger partial charge in [0, 0.05) is 0 Å². The fourth-order valence-corrected chi connectivity index (χ4v) is 2.26. The summed E-state index contributed by atoms with van der Waals surface area (Å²) in [6.07, 6.45) is -0.470. The molecule has 142 valence electrons. The number of hydrogen-bond acceptors (Lipinski definition) is 4. The molecule has 0 radical (unpaired) electrons. The Balaban J connectivity index is 2.65. The smallest absolute Gasteiger partial charge is 0.408 e. The van der Waals surface area contributed by atoms with Crippen LogP contribution >= 0.6 is 0 Å². The van der Waals surface area contributed by atoms with E-state index in [-0.39, 0.29) is 18.9 Å². The first-order valence-corrected chi connectivity index (χ1v) is 8.42. The Kier molecular flexibility index (Phi) is 8.34. The maximum atomic E-state index is 12.5. The molecule has 7 nitrogen and oxygen atoms in total. The minimum atomic E-state index is -0.872. The Labute approximate surface area is 154 Å². The second kappa shape index (κ2) is 10.2. The first-order valence-electron chi connectivity index (χ1n) is 8.42. The standard InChI is InChI=1S/C19H27N3O4/c1-12(2)10-15(17(20)23)21-18(24)16(13(3)4)22-19(25)26-11-14-8-6-5-7-9-14/h5-9,13,15-16H,1,10-11H2,2-4H3,(H2,20,23)(H,21,24)(H,22,25)/t15-,16-/m0/s1. The molecule has 1 aromatic rings. The molecule has 0 fully saturated rings. The van der Waals surface area contributed by atoms with E-state index >= 15 is 0 Å². The number of nitrogens with two attached hydrogens (primary N) is 1. The third kappa shape index (κ3) is 7.38. The van der Waals surface area contributed by atoms with Crippen molar-refractivity contribution in [2.75, 3.05) is 0 Å². The van der Waals surface area contributed by atoms with Gasteiger partial charge in [-0.2, -0.15) is 0 Å². The fraction of sp³-hybridized carbons (Fsp3) is 0.421. The van der Waals surface area contributed by atoms with E-state index in [1.807, 2.05) is 30.3 Å². The van der Waals surface area contributed by atoms with Crippen molar-refractivity contribution in [3.8, 4) is 0 Å². The second-order valence-corrected chi connectivity index (χ2v) is 6.55. The Morgan fingerprint density at radius 1 is 1.15 bits per heavy atom. The predicted molar refractivity (Wildman–Crippen MR) is 98.9 cm³/mol. The van der Waals surface area contributed by atoms with Gasteiger partial charge in [-0.05, 0) is 24.8 Å². The molecule has 0 heterocycles. The van der Waals surface area contributed by atoms with Gasteiger partial charge in [0.05, 0.1) is 0 Å². The van der Waals surface area contributed by atoms with Crippen molar-refractivity contribution in [3.63, 3.8) is 0 Å². The summed E-state index contributed by atoms with van der Waals surface area (Å²) in [7, 11) is 0. The van der Waals surface area contributed by atoms with Gasteiger partial charge in [-0.25, -0.2) is 4.79 Å². The molecule has 7 heteroatoms. The van der Waals surface area contributed by atoms with Crippen molar-refractivity contribution in [2.45, 2.75) is 45.9 Å². The van der Waals surface area contributed by atoms with E-state index in [4.69, 9.17) is 10.5 Å². The van der Waals surface area contributed by atoms with Crippen LogP contribution in [0.1, 0.15) is 32.8 Å². The van der Waals surface area contributed by atoms with Crippen LogP contribution < -0.4 is 16.4 Å². The van der Waals surface area contributed by atoms with Gasteiger partial charge < -0.3 is 21.1 Å². The highest BCUT2D eigenvalue weighted by Crippen LogP contribution is 2.07. The lowest BCUT2D eigenvalue weighted by Gasteiger charge is -2.24. The number of ether oxygens (including phenoxy) is 1. The molecule has 0 saturated heterocycles. The number of primary amides is 1. The minimum Gasteiger partial charge on any atom is -0.445 e. The van der Waals surface area contributed by atoms with Crippen LogP contribution in [-0.4, -0.2) is 30.0 Å². The average Bonchev–Trinajstić information content (AvgIpc) is 2.57. The largest absolute Gasteiger partial charge is 0.445 e. The number of nitrogens with one attached hydrogen (secondary N) is 2. The van der Waals surface area contributed by atoms with Gasteiger partial charge in [0.2, 0.25) is 11.8 Å². The molecule has 0 aliphatic heterocycles. The molecule has 4 N–H and O–H groups in total. The molecule has 0 bridgehead atoms. The van der Waals surface area contributed by atoms with E-state index in [1.54, 1.807) is 20.8 Å². The van der Waals surface area contributed by atoms with Crippen molar-refractivity contribution in [1.29, 1.82) is 0 Å². The van der Waals surface area contributed by atoms with Gasteiger partial charge in [0.1, 0.15) is 18.7 Å². The summed E-state index contributed by atoms with van der Waals surface area (Å²) in [5, 5.41) is 5.10. The molecule has 0 spiro atoms. The van der Waals surface area contributed by atoms with E-state index in [2.05, 4.69) is 17.2 Å². The number of carbonyl (C=O) groups is 3. The number of alkyl carbamates (subject to hydrolysis) is 1. The zero-order valence-electron chi connectivity index (χ0n) is 15.5. The topological polar surface area (TPSA) is 111 Å². The molecule has 0 aromatic heterocycles. The van der Waals surface area contributed by atoms with Gasteiger partial charge in [-0.15, -0.1) is 6.58 Å². The lowest BCUT2D eigenvalue weighted by molar-refractivity contribution is -0.129. The number of amides is 3. The molecule has 0 saturated carbocycles. The number of rotatable bonds is 9. The van der Waals surface area contributed by atoms with E-state index in [0.717, 1.165) is 5.56 Å². The SMILES string of the molecule is C=C(C)C[C@H](NC(=O)[C@@H](NC(=O)OCc1ccccc1)C(C)C)C(N)=O.